The smallest absolute Gasteiger partial charge is 0.251 e. The Kier molecular flexibility index (Phi) is 4.87. The SMILES string of the molecule is O=C(C1CN(c2nc3ccc(F)cc3s2)C1)N1CCN(C(=O)[C@H]2CCCO2)CC1. The molecule has 9 heteroatoms. The van der Waals surface area contributed by atoms with Gasteiger partial charge in [-0.3, -0.25) is 9.59 Å². The van der Waals surface area contributed by atoms with E-state index < -0.39 is 0 Å². The second-order valence-electron chi connectivity index (χ2n) is 7.86. The maximum absolute atomic E-state index is 13.4. The lowest BCUT2D eigenvalue weighted by atomic mass is 9.99. The Hall–Kier alpha value is -2.26. The van der Waals surface area contributed by atoms with Crippen LogP contribution in [0.4, 0.5) is 9.52 Å². The lowest BCUT2D eigenvalue weighted by Crippen LogP contribution is -2.59. The molecule has 5 rings (SSSR count). The van der Waals surface area contributed by atoms with E-state index in [2.05, 4.69) is 9.88 Å². The number of fused-ring (bicyclic) bond motifs is 1. The van der Waals surface area contributed by atoms with Crippen molar-refractivity contribution in [3.63, 3.8) is 0 Å². The molecule has 2 amide bonds. The van der Waals surface area contributed by atoms with E-state index in [0.717, 1.165) is 28.2 Å². The van der Waals surface area contributed by atoms with Crippen LogP contribution >= 0.6 is 11.3 Å². The predicted octanol–water partition coefficient (Wildman–Crippen LogP) is 1.72. The molecule has 7 nitrogen and oxygen atoms in total. The molecular formula is C20H23FN4O3S. The first-order valence-electron chi connectivity index (χ1n) is 10.1. The van der Waals surface area contributed by atoms with Crippen LogP contribution in [-0.4, -0.2) is 78.6 Å². The molecule has 3 aliphatic heterocycles. The molecule has 0 bridgehead atoms. The van der Waals surface area contributed by atoms with E-state index in [4.69, 9.17) is 4.74 Å². The van der Waals surface area contributed by atoms with Crippen molar-refractivity contribution < 1.29 is 18.7 Å². The number of rotatable bonds is 3. The van der Waals surface area contributed by atoms with Gasteiger partial charge in [0.2, 0.25) is 5.91 Å². The van der Waals surface area contributed by atoms with Gasteiger partial charge in [-0.25, -0.2) is 9.37 Å². The van der Waals surface area contributed by atoms with Gasteiger partial charge in [0.05, 0.1) is 16.1 Å². The van der Waals surface area contributed by atoms with Crippen LogP contribution in [0.15, 0.2) is 18.2 Å². The van der Waals surface area contributed by atoms with Crippen LogP contribution < -0.4 is 4.90 Å². The van der Waals surface area contributed by atoms with E-state index in [1.54, 1.807) is 6.07 Å². The van der Waals surface area contributed by atoms with Crippen molar-refractivity contribution in [2.75, 3.05) is 50.8 Å². The van der Waals surface area contributed by atoms with Gasteiger partial charge < -0.3 is 19.4 Å². The zero-order chi connectivity index (χ0) is 20.0. The lowest BCUT2D eigenvalue weighted by molar-refractivity contribution is -0.147. The largest absolute Gasteiger partial charge is 0.368 e. The summed E-state index contributed by atoms with van der Waals surface area (Å²) in [7, 11) is 0. The molecule has 154 valence electrons. The van der Waals surface area contributed by atoms with Crippen LogP contribution in [0, 0.1) is 11.7 Å². The maximum atomic E-state index is 13.4. The number of piperazine rings is 1. The monoisotopic (exact) mass is 418 g/mol. The third-order valence-electron chi connectivity index (χ3n) is 5.95. The number of nitrogens with zero attached hydrogens (tertiary/aromatic N) is 4. The van der Waals surface area contributed by atoms with Crippen molar-refractivity contribution in [3.05, 3.63) is 24.0 Å². The van der Waals surface area contributed by atoms with Crippen molar-refractivity contribution in [2.45, 2.75) is 18.9 Å². The van der Waals surface area contributed by atoms with Crippen LogP contribution in [0.1, 0.15) is 12.8 Å². The average Bonchev–Trinajstić information content (AvgIpc) is 3.36. The summed E-state index contributed by atoms with van der Waals surface area (Å²) in [6.07, 6.45) is 1.45. The van der Waals surface area contributed by atoms with Crippen molar-refractivity contribution >= 4 is 38.5 Å². The Morgan fingerprint density at radius 2 is 1.83 bits per heavy atom. The predicted molar refractivity (Wildman–Crippen MR) is 107 cm³/mol. The second-order valence-corrected chi connectivity index (χ2v) is 8.87. The standard InChI is InChI=1S/C20H23FN4O3S/c21-14-3-4-15-17(10-14)29-20(22-15)25-11-13(12-25)18(26)23-5-7-24(8-6-23)19(27)16-2-1-9-28-16/h3-4,10,13,16H,1-2,5-9,11-12H2/t16-/m1/s1. The fourth-order valence-corrected chi connectivity index (χ4v) is 5.20. The average molecular weight is 418 g/mol. The molecule has 1 aromatic carbocycles. The molecule has 3 fully saturated rings. The Labute approximate surface area is 172 Å². The van der Waals surface area contributed by atoms with Crippen molar-refractivity contribution in [1.29, 1.82) is 0 Å². The molecule has 0 N–H and O–H groups in total. The summed E-state index contributed by atoms with van der Waals surface area (Å²) < 4.78 is 19.7. The summed E-state index contributed by atoms with van der Waals surface area (Å²) >= 11 is 1.45. The highest BCUT2D eigenvalue weighted by Crippen LogP contribution is 2.33. The topological polar surface area (TPSA) is 66.0 Å². The highest BCUT2D eigenvalue weighted by molar-refractivity contribution is 7.22. The van der Waals surface area contributed by atoms with Gasteiger partial charge >= 0.3 is 0 Å². The van der Waals surface area contributed by atoms with Gasteiger partial charge in [-0.2, -0.15) is 0 Å². The molecule has 0 radical (unpaired) electrons. The minimum Gasteiger partial charge on any atom is -0.368 e. The lowest BCUT2D eigenvalue weighted by Gasteiger charge is -2.42. The summed E-state index contributed by atoms with van der Waals surface area (Å²) in [6, 6.07) is 4.60. The van der Waals surface area contributed by atoms with Crippen LogP contribution in [0.5, 0.6) is 0 Å². The third kappa shape index (κ3) is 3.57. The van der Waals surface area contributed by atoms with Gasteiger partial charge in [0.15, 0.2) is 5.13 Å². The fourth-order valence-electron chi connectivity index (χ4n) is 4.19. The molecular weight excluding hydrogens is 395 g/mol. The number of thiazole rings is 1. The summed E-state index contributed by atoms with van der Waals surface area (Å²) in [6.45, 7) is 4.24. The minimum atomic E-state index is -0.292. The molecule has 4 heterocycles. The zero-order valence-electron chi connectivity index (χ0n) is 16.1. The molecule has 0 saturated carbocycles. The summed E-state index contributed by atoms with van der Waals surface area (Å²) in [5, 5.41) is 0.835. The first kappa shape index (κ1) is 18.7. The van der Waals surface area contributed by atoms with Gasteiger partial charge in [0.1, 0.15) is 11.9 Å². The number of carbonyl (C=O) groups excluding carboxylic acids is 2. The summed E-state index contributed by atoms with van der Waals surface area (Å²) in [4.78, 5) is 35.6. The number of benzene rings is 1. The van der Waals surface area contributed by atoms with Gasteiger partial charge in [-0.05, 0) is 31.0 Å². The minimum absolute atomic E-state index is 0.0424. The molecule has 29 heavy (non-hydrogen) atoms. The number of ether oxygens (including phenoxy) is 1. The van der Waals surface area contributed by atoms with E-state index in [1.165, 1.54) is 23.5 Å². The second kappa shape index (κ2) is 7.53. The van der Waals surface area contributed by atoms with E-state index in [9.17, 15) is 14.0 Å². The Bertz CT molecular complexity index is 931. The highest BCUT2D eigenvalue weighted by Gasteiger charge is 2.38. The highest BCUT2D eigenvalue weighted by atomic mass is 32.1. The number of anilines is 1. The number of hydrogen-bond donors (Lipinski definition) is 0. The van der Waals surface area contributed by atoms with E-state index in [-0.39, 0.29) is 29.7 Å². The summed E-state index contributed by atoms with van der Waals surface area (Å²) in [5.74, 6) is -0.0880. The van der Waals surface area contributed by atoms with Gasteiger partial charge in [0, 0.05) is 45.9 Å². The first-order valence-corrected chi connectivity index (χ1v) is 10.9. The van der Waals surface area contributed by atoms with Gasteiger partial charge in [-0.1, -0.05) is 11.3 Å². The molecule has 0 unspecified atom stereocenters. The fraction of sp³-hybridized carbons (Fsp3) is 0.550. The van der Waals surface area contributed by atoms with Gasteiger partial charge in [0.25, 0.3) is 5.91 Å². The molecule has 1 aromatic heterocycles. The van der Waals surface area contributed by atoms with Crippen LogP contribution in [0.25, 0.3) is 10.2 Å². The number of carbonyl (C=O) groups is 2. The van der Waals surface area contributed by atoms with Crippen molar-refractivity contribution in [1.82, 2.24) is 14.8 Å². The maximum Gasteiger partial charge on any atom is 0.251 e. The Balaban J connectivity index is 1.13. The first-order chi connectivity index (χ1) is 14.1. The van der Waals surface area contributed by atoms with E-state index in [1.807, 2.05) is 9.80 Å². The van der Waals surface area contributed by atoms with Crippen LogP contribution in [-0.2, 0) is 14.3 Å². The normalized spacial score (nSPS) is 22.9. The third-order valence-corrected chi connectivity index (χ3v) is 7.03. The quantitative estimate of drug-likeness (QED) is 0.760. The Morgan fingerprint density at radius 3 is 2.52 bits per heavy atom. The number of hydrogen-bond acceptors (Lipinski definition) is 6. The molecule has 0 spiro atoms. The molecule has 0 aliphatic carbocycles. The van der Waals surface area contributed by atoms with Crippen molar-refractivity contribution in [3.8, 4) is 0 Å². The summed E-state index contributed by atoms with van der Waals surface area (Å²) in [5.41, 5.74) is 0.785. The number of aromatic nitrogens is 1. The van der Waals surface area contributed by atoms with Crippen LogP contribution in [0.3, 0.4) is 0 Å². The molecule has 3 aliphatic rings. The van der Waals surface area contributed by atoms with E-state index >= 15 is 0 Å². The molecule has 2 aromatic rings. The number of halogens is 1. The van der Waals surface area contributed by atoms with Crippen molar-refractivity contribution in [2.24, 2.45) is 5.92 Å². The zero-order valence-corrected chi connectivity index (χ0v) is 16.9. The Morgan fingerprint density at radius 1 is 1.10 bits per heavy atom. The van der Waals surface area contributed by atoms with Crippen LogP contribution in [0.2, 0.25) is 0 Å². The number of amides is 2. The van der Waals surface area contributed by atoms with Gasteiger partial charge in [-0.15, -0.1) is 0 Å². The molecule has 1 atom stereocenters. The van der Waals surface area contributed by atoms with E-state index in [0.29, 0.717) is 45.9 Å². The molecule has 3 saturated heterocycles.